The number of thioether (sulfide) groups is 1. The lowest BCUT2D eigenvalue weighted by Gasteiger charge is -2.10. The predicted octanol–water partition coefficient (Wildman–Crippen LogP) is 3.28. The van der Waals surface area contributed by atoms with Crippen LogP contribution in [0.4, 0.5) is 0 Å². The number of thiocarbonyl (C=S) groups is 1. The summed E-state index contributed by atoms with van der Waals surface area (Å²) in [5, 5.41) is 9.45. The van der Waals surface area contributed by atoms with Crippen LogP contribution in [0.1, 0.15) is 5.56 Å². The predicted molar refractivity (Wildman–Crippen MR) is 84.0 cm³/mol. The first kappa shape index (κ1) is 15.3. The number of hydrogen-bond donors (Lipinski definition) is 1. The van der Waals surface area contributed by atoms with Crippen LogP contribution in [0.15, 0.2) is 23.1 Å². The van der Waals surface area contributed by atoms with Gasteiger partial charge in [0.1, 0.15) is 10.9 Å². The van der Waals surface area contributed by atoms with Gasteiger partial charge in [-0.25, -0.2) is 0 Å². The van der Waals surface area contributed by atoms with Crippen molar-refractivity contribution in [2.45, 2.75) is 0 Å². The third-order valence-electron chi connectivity index (χ3n) is 2.44. The highest BCUT2D eigenvalue weighted by atomic mass is 35.5. The number of amides is 1. The second-order valence-corrected chi connectivity index (χ2v) is 6.27. The molecule has 1 amide bonds. The highest BCUT2D eigenvalue weighted by Crippen LogP contribution is 2.35. The second-order valence-electron chi connectivity index (χ2n) is 3.80. The Morgan fingerprint density at radius 2 is 2.15 bits per heavy atom. The Kier molecular flexibility index (Phi) is 4.70. The largest absolute Gasteiger partial charge is 0.480 e. The van der Waals surface area contributed by atoms with E-state index in [0.717, 1.165) is 16.7 Å². The zero-order chi connectivity index (χ0) is 14.9. The van der Waals surface area contributed by atoms with Gasteiger partial charge < -0.3 is 5.11 Å². The molecular weight excluding hydrogens is 341 g/mol. The van der Waals surface area contributed by atoms with Gasteiger partial charge in [-0.3, -0.25) is 14.5 Å². The van der Waals surface area contributed by atoms with Gasteiger partial charge in [-0.2, -0.15) is 0 Å². The molecule has 1 aliphatic heterocycles. The third-order valence-corrected chi connectivity index (χ3v) is 4.65. The maximum absolute atomic E-state index is 12.1. The Bertz CT molecular complexity index is 646. The Morgan fingerprint density at radius 3 is 2.80 bits per heavy atom. The molecular formula is C12H7Cl2NO3S2. The maximum Gasteiger partial charge on any atom is 0.323 e. The Hall–Kier alpha value is -1.08. The van der Waals surface area contributed by atoms with Gasteiger partial charge in [0.05, 0.1) is 15.0 Å². The first-order valence-corrected chi connectivity index (χ1v) is 7.29. The van der Waals surface area contributed by atoms with E-state index in [1.54, 1.807) is 24.3 Å². The highest BCUT2D eigenvalue weighted by molar-refractivity contribution is 8.26. The molecule has 1 aromatic carbocycles. The first-order chi connectivity index (χ1) is 9.40. The summed E-state index contributed by atoms with van der Waals surface area (Å²) in [5.74, 6) is -1.57. The molecule has 2 rings (SSSR count). The summed E-state index contributed by atoms with van der Waals surface area (Å²) in [7, 11) is 0. The van der Waals surface area contributed by atoms with Gasteiger partial charge >= 0.3 is 5.97 Å². The smallest absolute Gasteiger partial charge is 0.323 e. The lowest BCUT2D eigenvalue weighted by atomic mass is 10.2. The topological polar surface area (TPSA) is 57.6 Å². The van der Waals surface area contributed by atoms with E-state index in [0.29, 0.717) is 20.5 Å². The van der Waals surface area contributed by atoms with Crippen molar-refractivity contribution in [2.24, 2.45) is 0 Å². The number of carbonyl (C=O) groups is 2. The average Bonchev–Trinajstić information content (AvgIpc) is 2.62. The summed E-state index contributed by atoms with van der Waals surface area (Å²) in [4.78, 5) is 24.1. The molecule has 1 N–H and O–H groups in total. The number of rotatable bonds is 3. The summed E-state index contributed by atoms with van der Waals surface area (Å²) < 4.78 is 0.210. The quantitative estimate of drug-likeness (QED) is 0.671. The van der Waals surface area contributed by atoms with Crippen LogP contribution in [0.5, 0.6) is 0 Å². The minimum Gasteiger partial charge on any atom is -0.480 e. The fraction of sp³-hybridized carbons (Fsp3) is 0.0833. The van der Waals surface area contributed by atoms with E-state index >= 15 is 0 Å². The van der Waals surface area contributed by atoms with Crippen molar-refractivity contribution >= 4 is 69.5 Å². The molecule has 8 heteroatoms. The Labute approximate surface area is 134 Å². The van der Waals surface area contributed by atoms with Crippen molar-refractivity contribution < 1.29 is 14.7 Å². The molecule has 20 heavy (non-hydrogen) atoms. The minimum absolute atomic E-state index is 0.210. The lowest BCUT2D eigenvalue weighted by molar-refractivity contribution is -0.140. The molecule has 1 aromatic rings. The van der Waals surface area contributed by atoms with Crippen molar-refractivity contribution in [3.8, 4) is 0 Å². The average molecular weight is 348 g/mol. The van der Waals surface area contributed by atoms with Crippen LogP contribution in [-0.2, 0) is 9.59 Å². The van der Waals surface area contributed by atoms with Crippen LogP contribution in [-0.4, -0.2) is 32.7 Å². The molecule has 1 aliphatic rings. The summed E-state index contributed by atoms with van der Waals surface area (Å²) in [6.07, 6.45) is 1.55. The monoisotopic (exact) mass is 347 g/mol. The molecule has 0 spiro atoms. The SMILES string of the molecule is O=C(O)CN1C(=O)/C(=C/c2cccc(Cl)c2Cl)SC1=S. The van der Waals surface area contributed by atoms with Crippen molar-refractivity contribution in [3.05, 3.63) is 38.7 Å². The van der Waals surface area contributed by atoms with Gasteiger partial charge in [-0.05, 0) is 17.7 Å². The van der Waals surface area contributed by atoms with Crippen LogP contribution in [0.2, 0.25) is 10.0 Å². The van der Waals surface area contributed by atoms with Crippen LogP contribution >= 0.6 is 47.2 Å². The number of carboxylic acid groups (broad SMARTS) is 1. The van der Waals surface area contributed by atoms with Crippen molar-refractivity contribution in [2.75, 3.05) is 6.54 Å². The zero-order valence-electron chi connectivity index (χ0n) is 9.80. The molecule has 104 valence electrons. The van der Waals surface area contributed by atoms with Crippen molar-refractivity contribution in [1.82, 2.24) is 4.90 Å². The highest BCUT2D eigenvalue weighted by Gasteiger charge is 2.33. The standard InChI is InChI=1S/C12H7Cl2NO3S2/c13-7-3-1-2-6(10(7)14)4-8-11(18)15(5-9(16)17)12(19)20-8/h1-4H,5H2,(H,16,17)/b8-4-. The van der Waals surface area contributed by atoms with Gasteiger partial charge in [0.15, 0.2) is 0 Å². The number of aliphatic carboxylic acids is 1. The lowest BCUT2D eigenvalue weighted by Crippen LogP contribution is -2.33. The fourth-order valence-electron chi connectivity index (χ4n) is 1.54. The summed E-state index contributed by atoms with van der Waals surface area (Å²) in [6.45, 7) is -0.453. The normalized spacial score (nSPS) is 17.1. The molecule has 1 saturated heterocycles. The van der Waals surface area contributed by atoms with E-state index in [2.05, 4.69) is 0 Å². The molecule has 0 atom stereocenters. The number of nitrogens with zero attached hydrogens (tertiary/aromatic N) is 1. The van der Waals surface area contributed by atoms with Crippen LogP contribution in [0.25, 0.3) is 6.08 Å². The van der Waals surface area contributed by atoms with E-state index in [-0.39, 0.29) is 4.32 Å². The Morgan fingerprint density at radius 1 is 1.45 bits per heavy atom. The molecule has 0 aromatic heterocycles. The first-order valence-electron chi connectivity index (χ1n) is 5.31. The maximum atomic E-state index is 12.1. The summed E-state index contributed by atoms with van der Waals surface area (Å²) >= 11 is 18.0. The molecule has 1 heterocycles. The van der Waals surface area contributed by atoms with Crippen LogP contribution in [0.3, 0.4) is 0 Å². The number of carbonyl (C=O) groups excluding carboxylic acids is 1. The van der Waals surface area contributed by atoms with E-state index in [1.165, 1.54) is 0 Å². The number of benzene rings is 1. The zero-order valence-corrected chi connectivity index (χ0v) is 12.9. The number of carboxylic acids is 1. The van der Waals surface area contributed by atoms with Gasteiger partial charge in [0, 0.05) is 0 Å². The fourth-order valence-corrected chi connectivity index (χ4v) is 3.15. The molecule has 0 aliphatic carbocycles. The van der Waals surface area contributed by atoms with E-state index in [9.17, 15) is 9.59 Å². The second kappa shape index (κ2) is 6.13. The van der Waals surface area contributed by atoms with Gasteiger partial charge in [-0.15, -0.1) is 0 Å². The molecule has 0 saturated carbocycles. The third kappa shape index (κ3) is 3.15. The minimum atomic E-state index is -1.12. The molecule has 4 nitrogen and oxygen atoms in total. The molecule has 0 radical (unpaired) electrons. The van der Waals surface area contributed by atoms with Crippen LogP contribution < -0.4 is 0 Å². The summed E-state index contributed by atoms with van der Waals surface area (Å²) in [5.41, 5.74) is 0.579. The van der Waals surface area contributed by atoms with E-state index in [4.69, 9.17) is 40.5 Å². The molecule has 0 bridgehead atoms. The Balaban J connectivity index is 2.32. The van der Waals surface area contributed by atoms with Crippen LogP contribution in [0, 0.1) is 0 Å². The number of halogens is 2. The van der Waals surface area contributed by atoms with E-state index < -0.39 is 18.4 Å². The number of hydrogen-bond acceptors (Lipinski definition) is 4. The molecule has 1 fully saturated rings. The van der Waals surface area contributed by atoms with Gasteiger partial charge in [-0.1, -0.05) is 59.3 Å². The van der Waals surface area contributed by atoms with Crippen molar-refractivity contribution in [3.63, 3.8) is 0 Å². The van der Waals surface area contributed by atoms with Gasteiger partial charge in [0.2, 0.25) is 0 Å². The van der Waals surface area contributed by atoms with E-state index in [1.807, 2.05) is 0 Å². The molecule has 0 unspecified atom stereocenters. The van der Waals surface area contributed by atoms with Crippen molar-refractivity contribution in [1.29, 1.82) is 0 Å². The summed E-state index contributed by atoms with van der Waals surface area (Å²) in [6, 6.07) is 5.05. The van der Waals surface area contributed by atoms with Gasteiger partial charge in [0.25, 0.3) is 5.91 Å².